The van der Waals surface area contributed by atoms with Crippen molar-refractivity contribution < 1.29 is 0 Å². The first kappa shape index (κ1) is 13.0. The molecular formula is C13H28N2. The van der Waals surface area contributed by atoms with Crippen LogP contribution in [0.15, 0.2) is 0 Å². The second-order valence-corrected chi connectivity index (χ2v) is 6.80. The minimum atomic E-state index is 0.351. The van der Waals surface area contributed by atoms with Crippen LogP contribution in [-0.4, -0.2) is 19.1 Å². The molecule has 2 heteroatoms. The van der Waals surface area contributed by atoms with Gasteiger partial charge in [0.1, 0.15) is 0 Å². The van der Waals surface area contributed by atoms with E-state index in [1.807, 2.05) is 0 Å². The van der Waals surface area contributed by atoms with Gasteiger partial charge in [-0.1, -0.05) is 27.7 Å². The Kier molecular flexibility index (Phi) is 4.19. The Bertz CT molecular complexity index is 189. The summed E-state index contributed by atoms with van der Waals surface area (Å²) < 4.78 is 0. The van der Waals surface area contributed by atoms with E-state index in [-0.39, 0.29) is 0 Å². The van der Waals surface area contributed by atoms with Crippen LogP contribution in [0.2, 0.25) is 0 Å². The molecule has 0 amide bonds. The van der Waals surface area contributed by atoms with Crippen LogP contribution in [-0.2, 0) is 0 Å². The number of hydrogen-bond donors (Lipinski definition) is 2. The summed E-state index contributed by atoms with van der Waals surface area (Å²) in [5.41, 5.74) is 7.07. The van der Waals surface area contributed by atoms with Gasteiger partial charge in [0, 0.05) is 12.6 Å². The van der Waals surface area contributed by atoms with Crippen LogP contribution in [0.5, 0.6) is 0 Å². The van der Waals surface area contributed by atoms with Crippen molar-refractivity contribution in [2.24, 2.45) is 16.6 Å². The van der Waals surface area contributed by atoms with Crippen molar-refractivity contribution in [3.8, 4) is 0 Å². The average molecular weight is 212 g/mol. The Morgan fingerprint density at radius 1 is 1.33 bits per heavy atom. The van der Waals surface area contributed by atoms with Gasteiger partial charge in [-0.2, -0.15) is 0 Å². The van der Waals surface area contributed by atoms with E-state index in [9.17, 15) is 0 Å². The third kappa shape index (κ3) is 6.16. The van der Waals surface area contributed by atoms with Crippen molar-refractivity contribution in [1.82, 2.24) is 5.32 Å². The quantitative estimate of drug-likeness (QED) is 0.664. The summed E-state index contributed by atoms with van der Waals surface area (Å²) >= 11 is 0. The molecule has 3 N–H and O–H groups in total. The standard InChI is InChI=1S/C13H28N2/c1-12(2,3)9-11(14)5-8-15-10-13(4)6-7-13/h11,15H,5-10,14H2,1-4H3. The molecule has 1 fully saturated rings. The molecular weight excluding hydrogens is 184 g/mol. The number of nitrogens with one attached hydrogen (secondary N) is 1. The van der Waals surface area contributed by atoms with E-state index in [0.717, 1.165) is 19.4 Å². The molecule has 90 valence electrons. The van der Waals surface area contributed by atoms with Gasteiger partial charge in [-0.25, -0.2) is 0 Å². The van der Waals surface area contributed by atoms with Gasteiger partial charge in [0.05, 0.1) is 0 Å². The molecule has 2 nitrogen and oxygen atoms in total. The molecule has 1 aliphatic rings. The molecule has 0 aliphatic heterocycles. The van der Waals surface area contributed by atoms with Gasteiger partial charge < -0.3 is 11.1 Å². The fraction of sp³-hybridized carbons (Fsp3) is 1.00. The van der Waals surface area contributed by atoms with Crippen LogP contribution in [0.1, 0.15) is 53.4 Å². The number of rotatable bonds is 6. The maximum Gasteiger partial charge on any atom is 0.00558 e. The maximum atomic E-state index is 6.09. The van der Waals surface area contributed by atoms with E-state index >= 15 is 0 Å². The van der Waals surface area contributed by atoms with E-state index in [0.29, 0.717) is 16.9 Å². The molecule has 0 radical (unpaired) electrons. The van der Waals surface area contributed by atoms with Crippen molar-refractivity contribution in [3.63, 3.8) is 0 Å². The Balaban J connectivity index is 1.99. The highest BCUT2D eigenvalue weighted by Crippen LogP contribution is 2.43. The van der Waals surface area contributed by atoms with Crippen LogP contribution in [0, 0.1) is 10.8 Å². The van der Waals surface area contributed by atoms with E-state index < -0.39 is 0 Å². The molecule has 1 aliphatic carbocycles. The van der Waals surface area contributed by atoms with E-state index in [1.165, 1.54) is 19.4 Å². The number of hydrogen-bond acceptors (Lipinski definition) is 2. The normalized spacial score (nSPS) is 21.4. The summed E-state index contributed by atoms with van der Waals surface area (Å²) in [7, 11) is 0. The van der Waals surface area contributed by atoms with Gasteiger partial charge in [0.25, 0.3) is 0 Å². The first-order valence-electron chi connectivity index (χ1n) is 6.27. The number of nitrogens with two attached hydrogens (primary N) is 1. The summed E-state index contributed by atoms with van der Waals surface area (Å²) in [4.78, 5) is 0. The molecule has 0 aromatic heterocycles. The van der Waals surface area contributed by atoms with Gasteiger partial charge in [0.15, 0.2) is 0 Å². The predicted molar refractivity (Wildman–Crippen MR) is 66.9 cm³/mol. The zero-order chi connectivity index (χ0) is 11.5. The van der Waals surface area contributed by atoms with Gasteiger partial charge in [-0.15, -0.1) is 0 Å². The Labute approximate surface area is 95.0 Å². The van der Waals surface area contributed by atoms with Gasteiger partial charge in [-0.3, -0.25) is 0 Å². The molecule has 0 spiro atoms. The van der Waals surface area contributed by atoms with Crippen LogP contribution < -0.4 is 11.1 Å². The fourth-order valence-corrected chi connectivity index (χ4v) is 1.96. The van der Waals surface area contributed by atoms with Crippen LogP contribution in [0.3, 0.4) is 0 Å². The molecule has 0 saturated heterocycles. The molecule has 1 unspecified atom stereocenters. The van der Waals surface area contributed by atoms with Crippen LogP contribution in [0.25, 0.3) is 0 Å². The summed E-state index contributed by atoms with van der Waals surface area (Å²) in [6.45, 7) is 11.4. The van der Waals surface area contributed by atoms with E-state index in [1.54, 1.807) is 0 Å². The summed E-state index contributed by atoms with van der Waals surface area (Å²) in [5.74, 6) is 0. The van der Waals surface area contributed by atoms with Crippen molar-refractivity contribution in [3.05, 3.63) is 0 Å². The molecule has 1 atom stereocenters. The van der Waals surface area contributed by atoms with Crippen molar-refractivity contribution in [1.29, 1.82) is 0 Å². The topological polar surface area (TPSA) is 38.0 Å². The minimum absolute atomic E-state index is 0.351. The van der Waals surface area contributed by atoms with Gasteiger partial charge in [-0.05, 0) is 43.1 Å². The van der Waals surface area contributed by atoms with E-state index in [4.69, 9.17) is 5.73 Å². The Morgan fingerprint density at radius 2 is 1.93 bits per heavy atom. The lowest BCUT2D eigenvalue weighted by molar-refractivity contribution is 0.327. The first-order chi connectivity index (χ1) is 6.81. The molecule has 0 bridgehead atoms. The monoisotopic (exact) mass is 212 g/mol. The largest absolute Gasteiger partial charge is 0.328 e. The highest BCUT2D eigenvalue weighted by Gasteiger charge is 2.36. The smallest absolute Gasteiger partial charge is 0.00558 e. The lowest BCUT2D eigenvalue weighted by Gasteiger charge is -2.23. The second kappa shape index (κ2) is 4.84. The molecule has 0 aromatic rings. The van der Waals surface area contributed by atoms with Gasteiger partial charge in [0.2, 0.25) is 0 Å². The van der Waals surface area contributed by atoms with Crippen molar-refractivity contribution >= 4 is 0 Å². The van der Waals surface area contributed by atoms with Crippen LogP contribution in [0.4, 0.5) is 0 Å². The Morgan fingerprint density at radius 3 is 2.40 bits per heavy atom. The highest BCUT2D eigenvalue weighted by molar-refractivity contribution is 4.90. The average Bonchev–Trinajstić information content (AvgIpc) is 2.75. The molecule has 1 saturated carbocycles. The summed E-state index contributed by atoms with van der Waals surface area (Å²) in [6.07, 6.45) is 5.02. The highest BCUT2D eigenvalue weighted by atomic mass is 14.9. The molecule has 15 heavy (non-hydrogen) atoms. The molecule has 0 aromatic carbocycles. The van der Waals surface area contributed by atoms with E-state index in [2.05, 4.69) is 33.0 Å². The molecule has 0 heterocycles. The van der Waals surface area contributed by atoms with Crippen LogP contribution >= 0.6 is 0 Å². The fourth-order valence-electron chi connectivity index (χ4n) is 1.96. The predicted octanol–water partition coefficient (Wildman–Crippen LogP) is 2.53. The lowest BCUT2D eigenvalue weighted by Crippen LogP contribution is -2.32. The minimum Gasteiger partial charge on any atom is -0.328 e. The Hall–Kier alpha value is -0.0800. The third-order valence-corrected chi connectivity index (χ3v) is 3.22. The molecule has 1 rings (SSSR count). The lowest BCUT2D eigenvalue weighted by atomic mass is 9.87. The third-order valence-electron chi connectivity index (χ3n) is 3.22. The summed E-state index contributed by atoms with van der Waals surface area (Å²) in [6, 6.07) is 0.351. The SMILES string of the molecule is CC(C)(C)CC(N)CCNCC1(C)CC1. The second-order valence-electron chi connectivity index (χ2n) is 6.80. The summed E-state index contributed by atoms with van der Waals surface area (Å²) in [5, 5.41) is 3.52. The van der Waals surface area contributed by atoms with Crippen molar-refractivity contribution in [2.75, 3.05) is 13.1 Å². The first-order valence-corrected chi connectivity index (χ1v) is 6.27. The maximum absolute atomic E-state index is 6.09. The zero-order valence-electron chi connectivity index (χ0n) is 10.9. The zero-order valence-corrected chi connectivity index (χ0v) is 10.9. The van der Waals surface area contributed by atoms with Crippen molar-refractivity contribution in [2.45, 2.75) is 59.4 Å². The van der Waals surface area contributed by atoms with Gasteiger partial charge >= 0.3 is 0 Å².